The van der Waals surface area contributed by atoms with Crippen LogP contribution in [0.2, 0.25) is 5.15 Å². The molecule has 2 aromatic rings. The van der Waals surface area contributed by atoms with Crippen molar-refractivity contribution >= 4 is 17.3 Å². The highest BCUT2D eigenvalue weighted by atomic mass is 35.5. The smallest absolute Gasteiger partial charge is 0.152 e. The number of hydrogen-bond donors (Lipinski definition) is 1. The van der Waals surface area contributed by atoms with Crippen LogP contribution in [0.25, 0.3) is 0 Å². The predicted octanol–water partition coefficient (Wildman–Crippen LogP) is 5.63. The Balaban J connectivity index is 2.30. The number of aromatic nitrogens is 1. The number of anilines is 1. The van der Waals surface area contributed by atoms with Crippen molar-refractivity contribution in [3.63, 3.8) is 0 Å². The van der Waals surface area contributed by atoms with Crippen LogP contribution in [-0.4, -0.2) is 4.98 Å². The van der Waals surface area contributed by atoms with Crippen LogP contribution < -0.4 is 5.32 Å². The van der Waals surface area contributed by atoms with Crippen LogP contribution in [0.5, 0.6) is 0 Å². The molecule has 2 rings (SSSR count). The average molecular weight is 303 g/mol. The Morgan fingerprint density at radius 1 is 1.19 bits per heavy atom. The van der Waals surface area contributed by atoms with Gasteiger partial charge in [-0.1, -0.05) is 62.7 Å². The maximum Gasteiger partial charge on any atom is 0.152 e. The lowest BCUT2D eigenvalue weighted by Gasteiger charge is -2.28. The fraction of sp³-hybridized carbons (Fsp3) is 0.389. The molecule has 1 N–H and O–H groups in total. The highest BCUT2D eigenvalue weighted by Gasteiger charge is 2.21. The first-order chi connectivity index (χ1) is 9.85. The van der Waals surface area contributed by atoms with Gasteiger partial charge in [0.2, 0.25) is 0 Å². The fourth-order valence-electron chi connectivity index (χ4n) is 2.39. The number of nitrogens with one attached hydrogen (secondary N) is 1. The molecule has 0 aliphatic carbocycles. The molecule has 0 aliphatic heterocycles. The molecule has 1 aromatic carbocycles. The second kappa shape index (κ2) is 6.48. The zero-order valence-electron chi connectivity index (χ0n) is 13.2. The van der Waals surface area contributed by atoms with E-state index in [1.807, 2.05) is 19.1 Å². The van der Waals surface area contributed by atoms with Crippen molar-refractivity contribution in [1.29, 1.82) is 0 Å². The predicted molar refractivity (Wildman–Crippen MR) is 90.9 cm³/mol. The summed E-state index contributed by atoms with van der Waals surface area (Å²) in [6, 6.07) is 12.8. The molecule has 0 saturated carbocycles. The highest BCUT2D eigenvalue weighted by Crippen LogP contribution is 2.33. The van der Waals surface area contributed by atoms with Gasteiger partial charge >= 0.3 is 0 Å². The van der Waals surface area contributed by atoms with Crippen LogP contribution in [0, 0.1) is 12.3 Å². The van der Waals surface area contributed by atoms with E-state index in [1.54, 1.807) is 6.20 Å². The molecule has 21 heavy (non-hydrogen) atoms. The van der Waals surface area contributed by atoms with Gasteiger partial charge in [0.25, 0.3) is 0 Å². The average Bonchev–Trinajstić information content (AvgIpc) is 2.42. The third-order valence-corrected chi connectivity index (χ3v) is 3.63. The molecule has 112 valence electrons. The molecule has 1 atom stereocenters. The van der Waals surface area contributed by atoms with Gasteiger partial charge in [0, 0.05) is 6.20 Å². The Bertz CT molecular complexity index is 588. The van der Waals surface area contributed by atoms with Gasteiger partial charge in [0.05, 0.1) is 11.7 Å². The van der Waals surface area contributed by atoms with E-state index in [-0.39, 0.29) is 11.5 Å². The summed E-state index contributed by atoms with van der Waals surface area (Å²) < 4.78 is 0. The van der Waals surface area contributed by atoms with Crippen LogP contribution in [0.3, 0.4) is 0 Å². The summed E-state index contributed by atoms with van der Waals surface area (Å²) in [5.74, 6) is 0. The van der Waals surface area contributed by atoms with Gasteiger partial charge < -0.3 is 5.32 Å². The van der Waals surface area contributed by atoms with Crippen molar-refractivity contribution in [1.82, 2.24) is 4.98 Å². The topological polar surface area (TPSA) is 24.9 Å². The van der Waals surface area contributed by atoms with Crippen molar-refractivity contribution in [3.05, 3.63) is 58.9 Å². The summed E-state index contributed by atoms with van der Waals surface area (Å²) in [5.41, 5.74) is 3.49. The van der Waals surface area contributed by atoms with Crippen LogP contribution >= 0.6 is 11.6 Å². The molecular formula is C18H23ClN2. The van der Waals surface area contributed by atoms with Gasteiger partial charge in [-0.05, 0) is 36.0 Å². The second-order valence-electron chi connectivity index (χ2n) is 6.72. The Hall–Kier alpha value is -1.54. The quantitative estimate of drug-likeness (QED) is 0.740. The van der Waals surface area contributed by atoms with E-state index in [0.717, 1.165) is 17.7 Å². The number of hydrogen-bond acceptors (Lipinski definition) is 2. The molecule has 0 amide bonds. The summed E-state index contributed by atoms with van der Waals surface area (Å²) in [5, 5.41) is 4.09. The maximum atomic E-state index is 6.23. The molecule has 2 nitrogen and oxygen atoms in total. The Morgan fingerprint density at radius 2 is 1.86 bits per heavy atom. The van der Waals surface area contributed by atoms with Crippen LogP contribution in [-0.2, 0) is 0 Å². The summed E-state index contributed by atoms with van der Waals surface area (Å²) >= 11 is 6.23. The summed E-state index contributed by atoms with van der Waals surface area (Å²) in [7, 11) is 0. The van der Waals surface area contributed by atoms with Crippen molar-refractivity contribution < 1.29 is 0 Å². The zero-order chi connectivity index (χ0) is 15.5. The van der Waals surface area contributed by atoms with Crippen molar-refractivity contribution in [2.75, 3.05) is 5.32 Å². The third-order valence-electron chi connectivity index (χ3n) is 3.32. The van der Waals surface area contributed by atoms with Gasteiger partial charge in [-0.2, -0.15) is 0 Å². The molecule has 0 saturated heterocycles. The molecule has 0 fully saturated rings. The van der Waals surface area contributed by atoms with Crippen LogP contribution in [0.4, 0.5) is 5.69 Å². The van der Waals surface area contributed by atoms with E-state index >= 15 is 0 Å². The lowest BCUT2D eigenvalue weighted by Crippen LogP contribution is -2.19. The van der Waals surface area contributed by atoms with Gasteiger partial charge in [0.15, 0.2) is 5.15 Å². The van der Waals surface area contributed by atoms with Gasteiger partial charge in [-0.3, -0.25) is 0 Å². The first-order valence-corrected chi connectivity index (χ1v) is 7.66. The summed E-state index contributed by atoms with van der Waals surface area (Å²) in [6.07, 6.45) is 2.80. The molecule has 0 spiro atoms. The fourth-order valence-corrected chi connectivity index (χ4v) is 2.55. The first kappa shape index (κ1) is 15.8. The Kier molecular flexibility index (Phi) is 4.89. The maximum absolute atomic E-state index is 6.23. The molecular weight excluding hydrogens is 280 g/mol. The molecule has 3 heteroatoms. The van der Waals surface area contributed by atoms with Crippen LogP contribution in [0.1, 0.15) is 44.4 Å². The molecule has 1 heterocycles. The van der Waals surface area contributed by atoms with Crippen molar-refractivity contribution in [3.8, 4) is 0 Å². The summed E-state index contributed by atoms with van der Waals surface area (Å²) in [6.45, 7) is 8.78. The number of pyridine rings is 1. The number of benzene rings is 1. The number of nitrogens with zero attached hydrogens (tertiary/aromatic N) is 1. The molecule has 0 radical (unpaired) electrons. The lowest BCUT2D eigenvalue weighted by molar-refractivity contribution is 0.352. The first-order valence-electron chi connectivity index (χ1n) is 7.29. The van der Waals surface area contributed by atoms with E-state index in [4.69, 9.17) is 11.6 Å². The van der Waals surface area contributed by atoms with E-state index in [2.05, 4.69) is 55.3 Å². The molecule has 0 bridgehead atoms. The normalized spacial score (nSPS) is 13.0. The molecule has 1 aromatic heterocycles. The monoisotopic (exact) mass is 302 g/mol. The van der Waals surface area contributed by atoms with Gasteiger partial charge in [0.1, 0.15) is 0 Å². The second-order valence-corrected chi connectivity index (χ2v) is 7.08. The SMILES string of the molecule is Cc1cnc(Cl)c(NC(CC(C)(C)C)c2ccccc2)c1. The third kappa shape index (κ3) is 4.75. The number of rotatable bonds is 4. The Labute approximate surface area is 132 Å². The van der Waals surface area contributed by atoms with Gasteiger partial charge in [-0.25, -0.2) is 4.98 Å². The Morgan fingerprint density at radius 3 is 2.48 bits per heavy atom. The lowest BCUT2D eigenvalue weighted by atomic mass is 9.85. The zero-order valence-corrected chi connectivity index (χ0v) is 13.9. The van der Waals surface area contributed by atoms with Crippen LogP contribution in [0.15, 0.2) is 42.6 Å². The van der Waals surface area contributed by atoms with Gasteiger partial charge in [-0.15, -0.1) is 0 Å². The van der Waals surface area contributed by atoms with Crippen molar-refractivity contribution in [2.45, 2.75) is 40.2 Å². The highest BCUT2D eigenvalue weighted by molar-refractivity contribution is 6.32. The minimum absolute atomic E-state index is 0.215. The van der Waals surface area contributed by atoms with E-state index in [0.29, 0.717) is 5.15 Å². The molecule has 1 unspecified atom stereocenters. The number of halogens is 1. The van der Waals surface area contributed by atoms with Crippen molar-refractivity contribution in [2.24, 2.45) is 5.41 Å². The number of aryl methyl sites for hydroxylation is 1. The summed E-state index contributed by atoms with van der Waals surface area (Å²) in [4.78, 5) is 4.22. The minimum atomic E-state index is 0.215. The largest absolute Gasteiger partial charge is 0.376 e. The van der Waals surface area contributed by atoms with E-state index < -0.39 is 0 Å². The molecule has 0 aliphatic rings. The standard InChI is InChI=1S/C18H23ClN2/c1-13-10-15(17(19)20-12-13)21-16(11-18(2,3)4)14-8-6-5-7-9-14/h5-10,12,16,21H,11H2,1-4H3. The van der Waals surface area contributed by atoms with E-state index in [9.17, 15) is 0 Å². The van der Waals surface area contributed by atoms with E-state index in [1.165, 1.54) is 5.56 Å². The minimum Gasteiger partial charge on any atom is -0.376 e.